The molecule has 4 rings (SSSR count). The molecule has 27 heavy (non-hydrogen) atoms. The molecule has 1 aromatic heterocycles. The Morgan fingerprint density at radius 3 is 2.63 bits per heavy atom. The minimum Gasteiger partial charge on any atom is -0.497 e. The summed E-state index contributed by atoms with van der Waals surface area (Å²) in [5.74, 6) is 0.812. The molecule has 0 spiro atoms. The number of nitrogens with one attached hydrogen (secondary N) is 3. The van der Waals surface area contributed by atoms with Crippen LogP contribution in [0.1, 0.15) is 24.1 Å². The summed E-state index contributed by atoms with van der Waals surface area (Å²) in [5, 5.41) is 4.79. The Labute approximate surface area is 164 Å². The molecule has 138 valence electrons. The Kier molecular flexibility index (Phi) is 5.07. The van der Waals surface area contributed by atoms with E-state index in [2.05, 4.69) is 28.3 Å². The van der Waals surface area contributed by atoms with E-state index in [1.54, 1.807) is 7.11 Å². The van der Waals surface area contributed by atoms with Crippen LogP contribution in [-0.2, 0) is 12.8 Å². The second kappa shape index (κ2) is 7.80. The summed E-state index contributed by atoms with van der Waals surface area (Å²) in [6.07, 6.45) is 4.46. The topological polar surface area (TPSA) is 58.2 Å². The monoisotopic (exact) mass is 378 g/mol. The zero-order chi connectivity index (χ0) is 18.6. The molecule has 0 saturated heterocycles. The van der Waals surface area contributed by atoms with Crippen molar-refractivity contribution in [1.82, 2.24) is 10.4 Å². The Morgan fingerprint density at radius 2 is 1.81 bits per heavy atom. The summed E-state index contributed by atoms with van der Waals surface area (Å²) < 4.78 is 5.18. The number of aromatic nitrogens is 1. The average molecular weight is 379 g/mol. The Hall–Kier alpha value is -2.86. The summed E-state index contributed by atoms with van der Waals surface area (Å²) in [6.45, 7) is 0. The fourth-order valence-corrected chi connectivity index (χ4v) is 3.64. The van der Waals surface area contributed by atoms with E-state index in [9.17, 15) is 0 Å². The second-order valence-corrected chi connectivity index (χ2v) is 6.98. The molecule has 0 atom stereocenters. The molecule has 0 bridgehead atoms. The number of thiocarbonyl (C=S) groups is 1. The molecule has 0 amide bonds. The van der Waals surface area contributed by atoms with Crippen LogP contribution in [-0.4, -0.2) is 17.2 Å². The van der Waals surface area contributed by atoms with Crippen LogP contribution in [0.15, 0.2) is 48.5 Å². The Bertz CT molecular complexity index is 972. The number of hydrogen-bond donors (Lipinski definition) is 3. The molecule has 3 aromatic rings. The quantitative estimate of drug-likeness (QED) is 0.461. The molecular formula is C21H22N4OS. The SMILES string of the molecule is COc1ccc(NC(=S)NNc2c3c(nc4ccccc24)CCCC3)cc1. The van der Waals surface area contributed by atoms with E-state index in [-0.39, 0.29) is 0 Å². The number of fused-ring (bicyclic) bond motifs is 2. The van der Waals surface area contributed by atoms with Crippen molar-refractivity contribution in [3.05, 3.63) is 59.8 Å². The second-order valence-electron chi connectivity index (χ2n) is 6.57. The van der Waals surface area contributed by atoms with Gasteiger partial charge in [0.2, 0.25) is 0 Å². The minimum atomic E-state index is 0.505. The van der Waals surface area contributed by atoms with Gasteiger partial charge < -0.3 is 10.1 Å². The van der Waals surface area contributed by atoms with E-state index >= 15 is 0 Å². The van der Waals surface area contributed by atoms with Gasteiger partial charge in [0.05, 0.1) is 18.3 Å². The van der Waals surface area contributed by atoms with E-state index in [0.29, 0.717) is 5.11 Å². The maximum atomic E-state index is 5.44. The van der Waals surface area contributed by atoms with E-state index < -0.39 is 0 Å². The number of ether oxygens (including phenoxy) is 1. The van der Waals surface area contributed by atoms with Gasteiger partial charge >= 0.3 is 0 Å². The number of anilines is 2. The van der Waals surface area contributed by atoms with Gasteiger partial charge in [0.25, 0.3) is 0 Å². The zero-order valence-corrected chi connectivity index (χ0v) is 16.0. The lowest BCUT2D eigenvalue weighted by molar-refractivity contribution is 0.415. The van der Waals surface area contributed by atoms with E-state index in [0.717, 1.165) is 40.9 Å². The molecule has 1 aliphatic carbocycles. The van der Waals surface area contributed by atoms with Crippen molar-refractivity contribution in [3.63, 3.8) is 0 Å². The summed E-state index contributed by atoms with van der Waals surface area (Å²) in [7, 11) is 1.65. The van der Waals surface area contributed by atoms with Gasteiger partial charge in [-0.1, -0.05) is 18.2 Å². The molecule has 3 N–H and O–H groups in total. The normalized spacial score (nSPS) is 12.9. The van der Waals surface area contributed by atoms with Gasteiger partial charge in [-0.2, -0.15) is 0 Å². The number of aryl methyl sites for hydroxylation is 1. The van der Waals surface area contributed by atoms with Gasteiger partial charge in [-0.05, 0) is 73.8 Å². The fraction of sp³-hybridized carbons (Fsp3) is 0.238. The Morgan fingerprint density at radius 1 is 1.04 bits per heavy atom. The van der Waals surface area contributed by atoms with Gasteiger partial charge in [0.15, 0.2) is 5.11 Å². The summed E-state index contributed by atoms with van der Waals surface area (Å²) in [4.78, 5) is 4.86. The van der Waals surface area contributed by atoms with E-state index in [4.69, 9.17) is 21.9 Å². The molecule has 1 aliphatic rings. The number of pyridine rings is 1. The lowest BCUT2D eigenvalue weighted by atomic mass is 9.93. The maximum Gasteiger partial charge on any atom is 0.189 e. The number of hydrazine groups is 1. The third-order valence-corrected chi connectivity index (χ3v) is 5.02. The highest BCUT2D eigenvalue weighted by atomic mass is 32.1. The first-order valence-electron chi connectivity index (χ1n) is 9.12. The van der Waals surface area contributed by atoms with Crippen molar-refractivity contribution in [3.8, 4) is 5.75 Å². The molecule has 0 fully saturated rings. The maximum absolute atomic E-state index is 5.44. The predicted molar refractivity (Wildman–Crippen MR) is 114 cm³/mol. The van der Waals surface area contributed by atoms with Gasteiger partial charge in [0, 0.05) is 16.8 Å². The average Bonchev–Trinajstić information content (AvgIpc) is 2.71. The molecular weight excluding hydrogens is 356 g/mol. The van der Waals surface area contributed by atoms with Gasteiger partial charge in [0.1, 0.15) is 5.75 Å². The molecule has 6 heteroatoms. The number of rotatable bonds is 4. The first-order valence-corrected chi connectivity index (χ1v) is 9.53. The number of methoxy groups -OCH3 is 1. The molecule has 0 radical (unpaired) electrons. The first kappa shape index (κ1) is 17.5. The van der Waals surface area contributed by atoms with Crippen LogP contribution in [0, 0.1) is 0 Å². The van der Waals surface area contributed by atoms with Crippen molar-refractivity contribution < 1.29 is 4.74 Å². The largest absolute Gasteiger partial charge is 0.497 e. The lowest BCUT2D eigenvalue weighted by Gasteiger charge is -2.22. The molecule has 0 saturated carbocycles. The zero-order valence-electron chi connectivity index (χ0n) is 15.2. The van der Waals surface area contributed by atoms with Crippen LogP contribution in [0.3, 0.4) is 0 Å². The number of nitrogens with zero attached hydrogens (tertiary/aromatic N) is 1. The van der Waals surface area contributed by atoms with E-state index in [1.165, 1.54) is 24.1 Å². The lowest BCUT2D eigenvalue weighted by Crippen LogP contribution is -2.34. The smallest absolute Gasteiger partial charge is 0.189 e. The van der Waals surface area contributed by atoms with Gasteiger partial charge in [-0.3, -0.25) is 15.8 Å². The highest BCUT2D eigenvalue weighted by Gasteiger charge is 2.18. The summed E-state index contributed by atoms with van der Waals surface area (Å²) in [6, 6.07) is 15.9. The van der Waals surface area contributed by atoms with Crippen molar-refractivity contribution in [2.24, 2.45) is 0 Å². The summed E-state index contributed by atoms with van der Waals surface area (Å²) in [5.41, 5.74) is 11.9. The minimum absolute atomic E-state index is 0.505. The number of para-hydroxylation sites is 1. The van der Waals surface area contributed by atoms with Crippen LogP contribution < -0.4 is 20.9 Å². The van der Waals surface area contributed by atoms with Crippen LogP contribution in [0.25, 0.3) is 10.9 Å². The van der Waals surface area contributed by atoms with Crippen LogP contribution in [0.2, 0.25) is 0 Å². The van der Waals surface area contributed by atoms with Crippen molar-refractivity contribution in [2.45, 2.75) is 25.7 Å². The first-order chi connectivity index (χ1) is 13.2. The third-order valence-electron chi connectivity index (χ3n) is 4.82. The highest BCUT2D eigenvalue weighted by molar-refractivity contribution is 7.80. The number of hydrogen-bond acceptors (Lipinski definition) is 4. The van der Waals surface area contributed by atoms with Crippen molar-refractivity contribution in [2.75, 3.05) is 17.9 Å². The molecule has 1 heterocycles. The van der Waals surface area contributed by atoms with Crippen molar-refractivity contribution >= 4 is 39.6 Å². The van der Waals surface area contributed by atoms with Crippen molar-refractivity contribution in [1.29, 1.82) is 0 Å². The predicted octanol–water partition coefficient (Wildman–Crippen LogP) is 4.44. The van der Waals surface area contributed by atoms with Gasteiger partial charge in [-0.25, -0.2) is 0 Å². The molecule has 0 unspecified atom stereocenters. The van der Waals surface area contributed by atoms with Crippen LogP contribution in [0.4, 0.5) is 11.4 Å². The molecule has 5 nitrogen and oxygen atoms in total. The standard InChI is InChI=1S/C21H22N4OS/c1-26-15-12-10-14(11-13-15)22-21(27)25-24-20-16-6-2-4-8-18(16)23-19-9-5-3-7-17(19)20/h2,4,6,8,10-13H,3,5,7,9H2,1H3,(H,23,24)(H2,22,25,27). The third kappa shape index (κ3) is 3.80. The molecule has 2 aromatic carbocycles. The van der Waals surface area contributed by atoms with Crippen LogP contribution in [0.5, 0.6) is 5.75 Å². The Balaban J connectivity index is 1.53. The van der Waals surface area contributed by atoms with E-state index in [1.807, 2.05) is 36.4 Å². The fourth-order valence-electron chi connectivity index (χ4n) is 3.47. The molecule has 0 aliphatic heterocycles. The van der Waals surface area contributed by atoms with Crippen LogP contribution >= 0.6 is 12.2 Å². The van der Waals surface area contributed by atoms with Gasteiger partial charge in [-0.15, -0.1) is 0 Å². The summed E-state index contributed by atoms with van der Waals surface area (Å²) >= 11 is 5.44. The highest BCUT2D eigenvalue weighted by Crippen LogP contribution is 2.32. The number of benzene rings is 2.